The van der Waals surface area contributed by atoms with Crippen LogP contribution in [0.25, 0.3) is 0 Å². The number of hydrogen-bond acceptors (Lipinski definition) is 7. The van der Waals surface area contributed by atoms with Crippen LogP contribution in [0.2, 0.25) is 5.02 Å². The van der Waals surface area contributed by atoms with Crippen LogP contribution in [-0.2, 0) is 36.9 Å². The van der Waals surface area contributed by atoms with Gasteiger partial charge in [0.15, 0.2) is 0 Å². The topological polar surface area (TPSA) is 131 Å². The van der Waals surface area contributed by atoms with E-state index < -0.39 is 41.7 Å². The van der Waals surface area contributed by atoms with Gasteiger partial charge in [-0.05, 0) is 49.8 Å². The van der Waals surface area contributed by atoms with Crippen LogP contribution in [-0.4, -0.2) is 70.6 Å². The molecule has 40 heavy (non-hydrogen) atoms. The second-order valence-corrected chi connectivity index (χ2v) is 11.6. The number of carbonyl (C=O) groups is 4. The Labute approximate surface area is 239 Å². The Balaban J connectivity index is 1.33. The summed E-state index contributed by atoms with van der Waals surface area (Å²) in [5.74, 6) is -1.49. The van der Waals surface area contributed by atoms with E-state index in [1.165, 1.54) is 4.90 Å². The second-order valence-electron chi connectivity index (χ2n) is 11.1. The number of carbonyl (C=O) groups excluding carboxylic acids is 4. The molecule has 0 aromatic heterocycles. The molecule has 1 aromatic carbocycles. The lowest BCUT2D eigenvalue weighted by atomic mass is 10.1. The number of halogens is 1. The van der Waals surface area contributed by atoms with Crippen molar-refractivity contribution < 1.29 is 28.7 Å². The fraction of sp³-hybridized carbons (Fsp3) is 0.586. The average Bonchev–Trinajstić information content (AvgIpc) is 3.24. The first-order chi connectivity index (χ1) is 19.2. The van der Waals surface area contributed by atoms with Gasteiger partial charge in [0.25, 0.3) is 0 Å². The third-order valence-electron chi connectivity index (χ3n) is 8.37. The Kier molecular flexibility index (Phi) is 8.37. The molecular weight excluding hydrogens is 536 g/mol. The van der Waals surface area contributed by atoms with E-state index in [-0.39, 0.29) is 31.4 Å². The van der Waals surface area contributed by atoms with Gasteiger partial charge in [-0.15, -0.1) is 0 Å². The molecule has 11 heteroatoms. The minimum atomic E-state index is -1.16. The Morgan fingerprint density at radius 3 is 2.80 bits per heavy atom. The second kappa shape index (κ2) is 11.8. The number of hydrogen-bond donors (Lipinski definition) is 2. The van der Waals surface area contributed by atoms with E-state index in [4.69, 9.17) is 26.8 Å². The van der Waals surface area contributed by atoms with Gasteiger partial charge in [-0.25, -0.2) is 9.59 Å². The molecule has 1 saturated heterocycles. The molecule has 1 saturated carbocycles. The summed E-state index contributed by atoms with van der Waals surface area (Å²) in [5, 5.41) is 3.51. The number of nitrogens with one attached hydrogen (secondary N) is 1. The maximum Gasteiger partial charge on any atom is 0.410 e. The number of ether oxygens (including phenoxy) is 2. The maximum atomic E-state index is 13.7. The monoisotopic (exact) mass is 572 g/mol. The van der Waals surface area contributed by atoms with E-state index in [1.807, 2.05) is 24.3 Å². The van der Waals surface area contributed by atoms with Crippen LogP contribution in [0.3, 0.4) is 0 Å². The fourth-order valence-electron chi connectivity index (χ4n) is 6.01. The van der Waals surface area contributed by atoms with Gasteiger partial charge in [-0.2, -0.15) is 0 Å². The zero-order valence-electron chi connectivity index (χ0n) is 22.8. The van der Waals surface area contributed by atoms with Crippen molar-refractivity contribution in [1.29, 1.82) is 0 Å². The number of fused-ring (bicyclic) bond motifs is 3. The maximum absolute atomic E-state index is 13.7. The first kappa shape index (κ1) is 28.4. The summed E-state index contributed by atoms with van der Waals surface area (Å²) in [4.78, 5) is 56.1. The predicted octanol–water partition coefficient (Wildman–Crippen LogP) is 3.05. The van der Waals surface area contributed by atoms with Gasteiger partial charge >= 0.3 is 12.1 Å². The first-order valence-electron chi connectivity index (χ1n) is 14.2. The van der Waals surface area contributed by atoms with E-state index >= 15 is 0 Å². The van der Waals surface area contributed by atoms with Crippen LogP contribution in [0.4, 0.5) is 4.79 Å². The number of nitrogens with two attached hydrogens (primary N) is 1. The number of amides is 3. The Hall–Kier alpha value is -3.11. The van der Waals surface area contributed by atoms with E-state index in [0.29, 0.717) is 31.0 Å². The third-order valence-corrected chi connectivity index (χ3v) is 8.73. The molecule has 3 N–H and O–H groups in total. The van der Waals surface area contributed by atoms with Gasteiger partial charge in [0.1, 0.15) is 17.7 Å². The van der Waals surface area contributed by atoms with Gasteiger partial charge in [0, 0.05) is 23.9 Å². The summed E-state index contributed by atoms with van der Waals surface area (Å²) in [7, 11) is 0. The highest BCUT2D eigenvalue weighted by Crippen LogP contribution is 2.46. The minimum absolute atomic E-state index is 0.0492. The Morgan fingerprint density at radius 2 is 2.02 bits per heavy atom. The molecule has 1 aliphatic carbocycles. The zero-order chi connectivity index (χ0) is 28.4. The van der Waals surface area contributed by atoms with Crippen molar-refractivity contribution in [2.75, 3.05) is 13.2 Å². The quantitative estimate of drug-likeness (QED) is 0.420. The molecular formula is C29H37ClN4O6. The lowest BCUT2D eigenvalue weighted by molar-refractivity contribution is -0.150. The molecule has 4 aliphatic rings. The van der Waals surface area contributed by atoms with Gasteiger partial charge in [-0.1, -0.05) is 48.7 Å². The molecule has 2 fully saturated rings. The Morgan fingerprint density at radius 1 is 1.20 bits per heavy atom. The van der Waals surface area contributed by atoms with Crippen molar-refractivity contribution in [3.8, 4) is 0 Å². The number of rotatable bonds is 3. The highest BCUT2D eigenvalue weighted by molar-refractivity contribution is 6.31. The van der Waals surface area contributed by atoms with Gasteiger partial charge < -0.3 is 25.4 Å². The molecule has 0 radical (unpaired) electrons. The summed E-state index contributed by atoms with van der Waals surface area (Å²) in [6, 6.07) is 3.85. The predicted molar refractivity (Wildman–Crippen MR) is 147 cm³/mol. The van der Waals surface area contributed by atoms with Crippen molar-refractivity contribution in [3.05, 3.63) is 46.5 Å². The number of allylic oxidation sites excluding steroid dienone is 1. The van der Waals surface area contributed by atoms with E-state index in [1.54, 1.807) is 17.9 Å². The summed E-state index contributed by atoms with van der Waals surface area (Å²) < 4.78 is 11.1. The molecule has 0 bridgehead atoms. The van der Waals surface area contributed by atoms with Crippen LogP contribution in [0, 0.1) is 5.92 Å². The molecule has 3 heterocycles. The minimum Gasteiger partial charge on any atom is -0.464 e. The van der Waals surface area contributed by atoms with Crippen molar-refractivity contribution in [2.45, 2.75) is 88.7 Å². The molecule has 216 valence electrons. The molecule has 5 rings (SSSR count). The van der Waals surface area contributed by atoms with Crippen LogP contribution in [0.15, 0.2) is 30.4 Å². The van der Waals surface area contributed by atoms with Crippen LogP contribution < -0.4 is 11.1 Å². The van der Waals surface area contributed by atoms with Crippen LogP contribution in [0.1, 0.15) is 63.0 Å². The Bertz CT molecular complexity index is 1210. The highest BCUT2D eigenvalue weighted by atomic mass is 35.5. The van der Waals surface area contributed by atoms with Gasteiger partial charge in [0.05, 0.1) is 25.7 Å². The summed E-state index contributed by atoms with van der Waals surface area (Å²) in [5.41, 5.74) is 6.97. The van der Waals surface area contributed by atoms with E-state index in [2.05, 4.69) is 5.32 Å². The molecule has 3 aliphatic heterocycles. The van der Waals surface area contributed by atoms with E-state index in [0.717, 1.165) is 36.8 Å². The lowest BCUT2D eigenvalue weighted by Gasteiger charge is -2.28. The van der Waals surface area contributed by atoms with E-state index in [9.17, 15) is 19.2 Å². The number of benzene rings is 1. The van der Waals surface area contributed by atoms with Crippen molar-refractivity contribution in [1.82, 2.24) is 15.1 Å². The zero-order valence-corrected chi connectivity index (χ0v) is 23.5. The molecule has 1 aromatic rings. The fourth-order valence-corrected chi connectivity index (χ4v) is 6.27. The van der Waals surface area contributed by atoms with Crippen LogP contribution >= 0.6 is 11.6 Å². The van der Waals surface area contributed by atoms with Crippen molar-refractivity contribution in [2.24, 2.45) is 11.7 Å². The summed E-state index contributed by atoms with van der Waals surface area (Å²) >= 11 is 6.30. The highest BCUT2D eigenvalue weighted by Gasteiger charge is 2.62. The first-order valence-corrected chi connectivity index (χ1v) is 14.5. The van der Waals surface area contributed by atoms with Gasteiger partial charge in [0.2, 0.25) is 11.8 Å². The smallest absolute Gasteiger partial charge is 0.410 e. The normalized spacial score (nSPS) is 31.2. The van der Waals surface area contributed by atoms with Crippen molar-refractivity contribution >= 4 is 35.5 Å². The molecule has 0 unspecified atom stereocenters. The lowest BCUT2D eigenvalue weighted by Crippen LogP contribution is -2.55. The number of esters is 1. The molecule has 0 spiro atoms. The standard InChI is InChI=1S/C29H37ClN4O6/c1-2-39-27(37)29-14-19(29)10-6-4-3-5-7-12-23(31)26(36)34-16-20(13-24(34)25(35)32-29)40-28(38)33-15-18-9-8-11-22(30)21(18)17-33/h6,8-11,19-20,23-24H,2-5,7,12-17,31H2,1H3,(H,32,35)/b10-6-/t19-,20-,23+,24+,29-/m1/s1. The van der Waals surface area contributed by atoms with Crippen LogP contribution in [0.5, 0.6) is 0 Å². The SMILES string of the molecule is CCOC(=O)[C@@]12C[C@H]1/C=C\CCCCC[C@H](N)C(=O)N1C[C@H](OC(=O)N3Cc4cccc(Cl)c4C3)C[C@H]1C(=O)N2. The molecule has 5 atom stereocenters. The summed E-state index contributed by atoms with van der Waals surface area (Å²) in [6.07, 6.45) is 7.33. The average molecular weight is 573 g/mol. The largest absolute Gasteiger partial charge is 0.464 e. The molecule has 3 amide bonds. The third kappa shape index (κ3) is 5.69. The summed E-state index contributed by atoms with van der Waals surface area (Å²) in [6.45, 7) is 2.67. The molecule has 10 nitrogen and oxygen atoms in total. The van der Waals surface area contributed by atoms with Gasteiger partial charge in [-0.3, -0.25) is 14.5 Å². The number of nitrogens with zero attached hydrogens (tertiary/aromatic N) is 2. The van der Waals surface area contributed by atoms with Crippen molar-refractivity contribution in [3.63, 3.8) is 0 Å².